The summed E-state index contributed by atoms with van der Waals surface area (Å²) in [6.45, 7) is 0.213. The lowest BCUT2D eigenvalue weighted by Crippen LogP contribution is -2.25. The van der Waals surface area contributed by atoms with Crippen LogP contribution in [0.15, 0.2) is 36.9 Å². The van der Waals surface area contributed by atoms with Crippen LogP contribution >= 0.6 is 11.6 Å². The van der Waals surface area contributed by atoms with Crippen molar-refractivity contribution in [3.63, 3.8) is 0 Å². The Morgan fingerprint density at radius 3 is 2.94 bits per heavy atom. The van der Waals surface area contributed by atoms with Gasteiger partial charge in [0.25, 0.3) is 5.91 Å². The molecule has 0 aliphatic rings. The SMILES string of the molecule is C[n+]1ccn(CC(=O)Nc2ccc(Cl)c(O)c2)c1. The van der Waals surface area contributed by atoms with Crippen LogP contribution in [-0.2, 0) is 18.4 Å². The number of amides is 1. The van der Waals surface area contributed by atoms with Gasteiger partial charge in [0.2, 0.25) is 6.33 Å². The lowest BCUT2D eigenvalue weighted by Gasteiger charge is -2.04. The van der Waals surface area contributed by atoms with Crippen molar-refractivity contribution in [1.82, 2.24) is 4.57 Å². The van der Waals surface area contributed by atoms with E-state index in [0.29, 0.717) is 5.69 Å². The van der Waals surface area contributed by atoms with E-state index in [-0.39, 0.29) is 23.2 Å². The molecule has 1 amide bonds. The van der Waals surface area contributed by atoms with Gasteiger partial charge in [0.15, 0.2) is 6.54 Å². The molecule has 1 aromatic heterocycles. The van der Waals surface area contributed by atoms with Gasteiger partial charge in [-0.2, -0.15) is 0 Å². The second-order valence-electron chi connectivity index (χ2n) is 3.97. The number of halogens is 1. The maximum absolute atomic E-state index is 11.7. The number of carbonyl (C=O) groups is 1. The van der Waals surface area contributed by atoms with Crippen molar-refractivity contribution in [3.8, 4) is 5.75 Å². The van der Waals surface area contributed by atoms with Crippen molar-refractivity contribution in [2.24, 2.45) is 7.05 Å². The zero-order chi connectivity index (χ0) is 13.1. The highest BCUT2D eigenvalue weighted by molar-refractivity contribution is 6.32. The van der Waals surface area contributed by atoms with Crippen LogP contribution in [0.2, 0.25) is 5.02 Å². The minimum absolute atomic E-state index is 0.0539. The van der Waals surface area contributed by atoms with Crippen LogP contribution in [0, 0.1) is 0 Å². The normalized spacial score (nSPS) is 10.3. The molecule has 0 aliphatic heterocycles. The van der Waals surface area contributed by atoms with Gasteiger partial charge in [0.1, 0.15) is 18.1 Å². The summed E-state index contributed by atoms with van der Waals surface area (Å²) in [4.78, 5) is 11.7. The van der Waals surface area contributed by atoms with Crippen LogP contribution in [0.25, 0.3) is 0 Å². The third kappa shape index (κ3) is 3.01. The third-order valence-corrected chi connectivity index (χ3v) is 2.70. The summed E-state index contributed by atoms with van der Waals surface area (Å²) in [5, 5.41) is 12.3. The summed E-state index contributed by atoms with van der Waals surface area (Å²) in [5.74, 6) is -0.227. The molecule has 1 heterocycles. The molecule has 0 fully saturated rings. The van der Waals surface area contributed by atoms with Crippen LogP contribution in [0.4, 0.5) is 5.69 Å². The molecule has 2 N–H and O–H groups in total. The largest absolute Gasteiger partial charge is 0.506 e. The van der Waals surface area contributed by atoms with Gasteiger partial charge < -0.3 is 10.4 Å². The molecule has 0 bridgehead atoms. The number of benzene rings is 1. The molecule has 0 spiro atoms. The summed E-state index contributed by atoms with van der Waals surface area (Å²) in [5.41, 5.74) is 0.512. The molecule has 2 rings (SSSR count). The number of rotatable bonds is 3. The summed E-state index contributed by atoms with van der Waals surface area (Å²) in [6.07, 6.45) is 5.46. The number of nitrogens with zero attached hydrogens (tertiary/aromatic N) is 2. The van der Waals surface area contributed by atoms with E-state index in [1.54, 1.807) is 23.2 Å². The second kappa shape index (κ2) is 5.10. The van der Waals surface area contributed by atoms with E-state index in [4.69, 9.17) is 11.6 Å². The molecule has 0 saturated carbocycles. The van der Waals surface area contributed by atoms with Gasteiger partial charge in [-0.1, -0.05) is 11.6 Å². The van der Waals surface area contributed by atoms with E-state index < -0.39 is 0 Å². The van der Waals surface area contributed by atoms with Crippen LogP contribution < -0.4 is 9.88 Å². The number of phenols is 1. The van der Waals surface area contributed by atoms with Gasteiger partial charge in [0, 0.05) is 11.8 Å². The Bertz CT molecular complexity index is 580. The van der Waals surface area contributed by atoms with Crippen molar-refractivity contribution >= 4 is 23.2 Å². The van der Waals surface area contributed by atoms with Crippen LogP contribution in [0.3, 0.4) is 0 Å². The Balaban J connectivity index is 2.00. The quantitative estimate of drug-likeness (QED) is 0.823. The maximum Gasteiger partial charge on any atom is 0.266 e. The van der Waals surface area contributed by atoms with Gasteiger partial charge in [0.05, 0.1) is 12.1 Å². The number of imidazole rings is 1. The number of aromatic hydroxyl groups is 1. The molecule has 0 aliphatic carbocycles. The molecule has 6 heteroatoms. The standard InChI is InChI=1S/C12H12ClN3O2/c1-15-4-5-16(8-15)7-12(18)14-9-2-3-10(13)11(17)6-9/h2-6,8H,7H2,1H3,(H-,14,17,18)/p+1. The number of hydrogen-bond donors (Lipinski definition) is 2. The zero-order valence-corrected chi connectivity index (χ0v) is 10.6. The van der Waals surface area contributed by atoms with Crippen LogP contribution in [0.1, 0.15) is 0 Å². The Morgan fingerprint density at radius 2 is 2.33 bits per heavy atom. The van der Waals surface area contributed by atoms with E-state index in [1.807, 2.05) is 17.8 Å². The van der Waals surface area contributed by atoms with Crippen molar-refractivity contribution in [1.29, 1.82) is 0 Å². The lowest BCUT2D eigenvalue weighted by molar-refractivity contribution is -0.671. The number of aryl methyl sites for hydroxylation is 1. The highest BCUT2D eigenvalue weighted by Crippen LogP contribution is 2.26. The number of hydrogen-bond acceptors (Lipinski definition) is 2. The van der Waals surface area contributed by atoms with E-state index in [2.05, 4.69) is 5.32 Å². The first-order chi connectivity index (χ1) is 8.54. The predicted molar refractivity (Wildman–Crippen MR) is 67.4 cm³/mol. The lowest BCUT2D eigenvalue weighted by atomic mass is 10.3. The number of phenolic OH excluding ortho intramolecular Hbond substituents is 1. The molecule has 0 saturated heterocycles. The molecular weight excluding hydrogens is 254 g/mol. The van der Waals surface area contributed by atoms with Gasteiger partial charge in [-0.15, -0.1) is 0 Å². The van der Waals surface area contributed by atoms with Crippen molar-refractivity contribution in [2.75, 3.05) is 5.32 Å². The van der Waals surface area contributed by atoms with Gasteiger partial charge >= 0.3 is 0 Å². The second-order valence-corrected chi connectivity index (χ2v) is 4.37. The fourth-order valence-electron chi connectivity index (χ4n) is 1.55. The van der Waals surface area contributed by atoms with Gasteiger partial charge in [-0.3, -0.25) is 4.79 Å². The van der Waals surface area contributed by atoms with Crippen LogP contribution in [0.5, 0.6) is 5.75 Å². The first-order valence-corrected chi connectivity index (χ1v) is 5.72. The first kappa shape index (κ1) is 12.4. The number of aromatic nitrogens is 2. The van der Waals surface area contributed by atoms with E-state index in [1.165, 1.54) is 12.1 Å². The summed E-state index contributed by atoms with van der Waals surface area (Å²) in [6, 6.07) is 4.58. The predicted octanol–water partition coefficient (Wildman–Crippen LogP) is 1.31. The fourth-order valence-corrected chi connectivity index (χ4v) is 1.67. The third-order valence-electron chi connectivity index (χ3n) is 2.38. The smallest absolute Gasteiger partial charge is 0.266 e. The molecule has 0 radical (unpaired) electrons. The molecular formula is C12H13ClN3O2+. The Kier molecular flexibility index (Phi) is 3.53. The highest BCUT2D eigenvalue weighted by Gasteiger charge is 2.09. The van der Waals surface area contributed by atoms with E-state index in [0.717, 1.165) is 0 Å². The number of anilines is 1. The Morgan fingerprint density at radius 1 is 1.56 bits per heavy atom. The van der Waals surface area contributed by atoms with Crippen molar-refractivity contribution < 1.29 is 14.5 Å². The molecule has 1 aromatic carbocycles. The topological polar surface area (TPSA) is 58.1 Å². The zero-order valence-electron chi connectivity index (χ0n) is 9.80. The minimum Gasteiger partial charge on any atom is -0.506 e. The van der Waals surface area contributed by atoms with E-state index >= 15 is 0 Å². The monoisotopic (exact) mass is 266 g/mol. The summed E-state index contributed by atoms with van der Waals surface area (Å²) in [7, 11) is 1.88. The van der Waals surface area contributed by atoms with Crippen LogP contribution in [-0.4, -0.2) is 15.6 Å². The molecule has 0 unspecified atom stereocenters. The molecule has 2 aromatic rings. The van der Waals surface area contributed by atoms with Gasteiger partial charge in [-0.25, -0.2) is 9.13 Å². The average Bonchev–Trinajstić information content (AvgIpc) is 2.69. The molecule has 5 nitrogen and oxygen atoms in total. The number of nitrogens with one attached hydrogen (secondary N) is 1. The van der Waals surface area contributed by atoms with Crippen molar-refractivity contribution in [2.45, 2.75) is 6.54 Å². The highest BCUT2D eigenvalue weighted by atomic mass is 35.5. The Labute approximate surface area is 109 Å². The minimum atomic E-state index is -0.173. The maximum atomic E-state index is 11.7. The fraction of sp³-hybridized carbons (Fsp3) is 0.167. The molecule has 0 atom stereocenters. The summed E-state index contributed by atoms with van der Waals surface area (Å²) >= 11 is 5.68. The van der Waals surface area contributed by atoms with E-state index in [9.17, 15) is 9.90 Å². The van der Waals surface area contributed by atoms with Crippen molar-refractivity contribution in [3.05, 3.63) is 41.9 Å². The Hall–Kier alpha value is -2.01. The molecule has 94 valence electrons. The number of carbonyl (C=O) groups excluding carboxylic acids is 1. The average molecular weight is 267 g/mol. The molecule has 18 heavy (non-hydrogen) atoms. The first-order valence-electron chi connectivity index (χ1n) is 5.34. The van der Waals surface area contributed by atoms with Gasteiger partial charge in [-0.05, 0) is 12.1 Å². The summed E-state index contributed by atoms with van der Waals surface area (Å²) < 4.78 is 3.60.